The van der Waals surface area contributed by atoms with E-state index in [0.29, 0.717) is 16.5 Å². The summed E-state index contributed by atoms with van der Waals surface area (Å²) in [5, 5.41) is 5.49. The lowest BCUT2D eigenvalue weighted by atomic mass is 9.96. The number of nitrogens with one attached hydrogen (secondary N) is 2. The lowest BCUT2D eigenvalue weighted by Crippen LogP contribution is -2.22. The van der Waals surface area contributed by atoms with Crippen molar-refractivity contribution in [2.24, 2.45) is 0 Å². The van der Waals surface area contributed by atoms with Crippen molar-refractivity contribution in [1.82, 2.24) is 10.2 Å². The summed E-state index contributed by atoms with van der Waals surface area (Å²) >= 11 is 0. The molecule has 0 aliphatic heterocycles. The van der Waals surface area contributed by atoms with Crippen molar-refractivity contribution >= 4 is 16.5 Å². The fourth-order valence-corrected chi connectivity index (χ4v) is 2.49. The normalized spacial score (nSPS) is 11.1. The quantitative estimate of drug-likeness (QED) is 0.731. The minimum atomic E-state index is -0.331. The monoisotopic (exact) mass is 261 g/mol. The molecule has 5 heteroatoms. The largest absolute Gasteiger partial charge is 0.398 e. The van der Waals surface area contributed by atoms with Crippen molar-refractivity contribution in [2.45, 2.75) is 39.5 Å². The molecular formula is C14H19N3O2. The molecule has 0 fully saturated rings. The number of aromatic amines is 2. The van der Waals surface area contributed by atoms with Crippen molar-refractivity contribution in [3.63, 3.8) is 0 Å². The molecule has 1 heterocycles. The summed E-state index contributed by atoms with van der Waals surface area (Å²) in [5.41, 5.74) is 7.74. The maximum Gasteiger partial charge on any atom is 0.272 e. The van der Waals surface area contributed by atoms with Crippen LogP contribution in [0.25, 0.3) is 10.8 Å². The SMILES string of the molecule is CCCc1cc(CCC)c2c(=O)[nH][nH]c(=O)c2c1N. The van der Waals surface area contributed by atoms with E-state index in [-0.39, 0.29) is 11.1 Å². The Kier molecular flexibility index (Phi) is 3.74. The zero-order valence-electron chi connectivity index (χ0n) is 11.3. The molecule has 0 saturated heterocycles. The van der Waals surface area contributed by atoms with Crippen LogP contribution >= 0.6 is 0 Å². The molecule has 5 nitrogen and oxygen atoms in total. The van der Waals surface area contributed by atoms with Gasteiger partial charge in [0.1, 0.15) is 0 Å². The maximum absolute atomic E-state index is 12.0. The van der Waals surface area contributed by atoms with Gasteiger partial charge in [-0.1, -0.05) is 32.8 Å². The molecule has 2 rings (SSSR count). The van der Waals surface area contributed by atoms with Gasteiger partial charge in [-0.3, -0.25) is 19.8 Å². The van der Waals surface area contributed by atoms with Crippen LogP contribution in [0.4, 0.5) is 5.69 Å². The van der Waals surface area contributed by atoms with Crippen LogP contribution in [0.2, 0.25) is 0 Å². The number of fused-ring (bicyclic) bond motifs is 1. The molecule has 0 amide bonds. The van der Waals surface area contributed by atoms with Crippen LogP contribution in [0, 0.1) is 0 Å². The van der Waals surface area contributed by atoms with E-state index in [1.807, 2.05) is 13.0 Å². The predicted octanol–water partition coefficient (Wildman–Crippen LogP) is 1.70. The Labute approximate surface area is 110 Å². The summed E-state index contributed by atoms with van der Waals surface area (Å²) in [6, 6.07) is 1.97. The van der Waals surface area contributed by atoms with Gasteiger partial charge >= 0.3 is 0 Å². The van der Waals surface area contributed by atoms with E-state index < -0.39 is 0 Å². The molecule has 0 aliphatic rings. The van der Waals surface area contributed by atoms with E-state index in [2.05, 4.69) is 17.1 Å². The number of nitrogen functional groups attached to an aromatic ring is 1. The van der Waals surface area contributed by atoms with Gasteiger partial charge < -0.3 is 5.73 Å². The number of aryl methyl sites for hydroxylation is 2. The molecule has 1 aromatic carbocycles. The molecule has 0 aliphatic carbocycles. The maximum atomic E-state index is 12.0. The predicted molar refractivity (Wildman–Crippen MR) is 77.6 cm³/mol. The first-order valence-electron chi connectivity index (χ1n) is 6.65. The number of anilines is 1. The van der Waals surface area contributed by atoms with Crippen LogP contribution in [0.5, 0.6) is 0 Å². The Morgan fingerprint density at radius 2 is 1.47 bits per heavy atom. The van der Waals surface area contributed by atoms with Crippen molar-refractivity contribution in [2.75, 3.05) is 5.73 Å². The Balaban J connectivity index is 2.92. The van der Waals surface area contributed by atoms with E-state index >= 15 is 0 Å². The summed E-state index contributed by atoms with van der Waals surface area (Å²) in [7, 11) is 0. The minimum Gasteiger partial charge on any atom is -0.398 e. The van der Waals surface area contributed by atoms with Crippen LogP contribution in [0.1, 0.15) is 37.8 Å². The summed E-state index contributed by atoms with van der Waals surface area (Å²) in [5.74, 6) is 0. The van der Waals surface area contributed by atoms with E-state index in [0.717, 1.165) is 36.8 Å². The summed E-state index contributed by atoms with van der Waals surface area (Å²) in [6.07, 6.45) is 3.43. The molecule has 19 heavy (non-hydrogen) atoms. The second kappa shape index (κ2) is 5.30. The van der Waals surface area contributed by atoms with Crippen molar-refractivity contribution in [3.8, 4) is 0 Å². The highest BCUT2D eigenvalue weighted by molar-refractivity contribution is 5.95. The van der Waals surface area contributed by atoms with Crippen LogP contribution in [-0.4, -0.2) is 10.2 Å². The lowest BCUT2D eigenvalue weighted by molar-refractivity contribution is 0.897. The zero-order valence-corrected chi connectivity index (χ0v) is 11.3. The molecule has 0 unspecified atom stereocenters. The third-order valence-electron chi connectivity index (χ3n) is 3.32. The third kappa shape index (κ3) is 2.28. The van der Waals surface area contributed by atoms with E-state index in [4.69, 9.17) is 5.73 Å². The third-order valence-corrected chi connectivity index (χ3v) is 3.32. The molecule has 0 bridgehead atoms. The Hall–Kier alpha value is -2.04. The first kappa shape index (κ1) is 13.4. The molecular weight excluding hydrogens is 242 g/mol. The van der Waals surface area contributed by atoms with Crippen LogP contribution < -0.4 is 16.9 Å². The number of hydrogen-bond acceptors (Lipinski definition) is 3. The van der Waals surface area contributed by atoms with E-state index in [1.165, 1.54) is 0 Å². The van der Waals surface area contributed by atoms with Crippen molar-refractivity contribution in [1.29, 1.82) is 0 Å². The Morgan fingerprint density at radius 1 is 0.947 bits per heavy atom. The number of hydrogen-bond donors (Lipinski definition) is 3. The summed E-state index contributed by atoms with van der Waals surface area (Å²) in [6.45, 7) is 4.11. The van der Waals surface area contributed by atoms with Gasteiger partial charge in [-0.15, -0.1) is 0 Å². The van der Waals surface area contributed by atoms with Crippen molar-refractivity contribution in [3.05, 3.63) is 37.9 Å². The number of nitrogens with two attached hydrogens (primary N) is 1. The van der Waals surface area contributed by atoms with Gasteiger partial charge in [0.25, 0.3) is 11.1 Å². The number of H-pyrrole nitrogens is 2. The van der Waals surface area contributed by atoms with Gasteiger partial charge in [-0.05, 0) is 24.0 Å². The van der Waals surface area contributed by atoms with Gasteiger partial charge in [0, 0.05) is 5.69 Å². The van der Waals surface area contributed by atoms with Crippen LogP contribution in [-0.2, 0) is 12.8 Å². The summed E-state index contributed by atoms with van der Waals surface area (Å²) < 4.78 is 0. The first-order chi connectivity index (χ1) is 9.10. The number of benzene rings is 1. The average Bonchev–Trinajstić information content (AvgIpc) is 2.38. The smallest absolute Gasteiger partial charge is 0.272 e. The Morgan fingerprint density at radius 3 is 2.05 bits per heavy atom. The fraction of sp³-hybridized carbons (Fsp3) is 0.429. The second-order valence-corrected chi connectivity index (χ2v) is 4.77. The molecule has 0 radical (unpaired) electrons. The highest BCUT2D eigenvalue weighted by Crippen LogP contribution is 2.25. The molecule has 0 spiro atoms. The second-order valence-electron chi connectivity index (χ2n) is 4.77. The molecule has 102 valence electrons. The highest BCUT2D eigenvalue weighted by atomic mass is 16.1. The molecule has 4 N–H and O–H groups in total. The van der Waals surface area contributed by atoms with Crippen molar-refractivity contribution < 1.29 is 0 Å². The fourth-order valence-electron chi connectivity index (χ4n) is 2.49. The molecule has 1 aromatic heterocycles. The standard InChI is InChI=1S/C14H19N3O2/c1-3-5-8-7-9(6-4-2)12(15)11-10(8)13(18)16-17-14(11)19/h7H,3-6,15H2,1-2H3,(H,16,18)(H,17,19). The molecule has 0 saturated carbocycles. The number of aromatic nitrogens is 2. The topological polar surface area (TPSA) is 91.7 Å². The van der Waals surface area contributed by atoms with Crippen LogP contribution in [0.15, 0.2) is 15.7 Å². The van der Waals surface area contributed by atoms with Gasteiger partial charge in [0.2, 0.25) is 0 Å². The lowest BCUT2D eigenvalue weighted by Gasteiger charge is -2.11. The van der Waals surface area contributed by atoms with Gasteiger partial charge in [0.15, 0.2) is 0 Å². The van der Waals surface area contributed by atoms with E-state index in [9.17, 15) is 9.59 Å². The van der Waals surface area contributed by atoms with Gasteiger partial charge in [-0.25, -0.2) is 0 Å². The van der Waals surface area contributed by atoms with Gasteiger partial charge in [0.05, 0.1) is 10.8 Å². The van der Waals surface area contributed by atoms with E-state index in [1.54, 1.807) is 0 Å². The number of rotatable bonds is 4. The zero-order chi connectivity index (χ0) is 14.0. The highest BCUT2D eigenvalue weighted by Gasteiger charge is 2.14. The minimum absolute atomic E-state index is 0.284. The Bertz CT molecular complexity index is 713. The molecule has 0 atom stereocenters. The first-order valence-corrected chi connectivity index (χ1v) is 6.65. The van der Waals surface area contributed by atoms with Gasteiger partial charge in [-0.2, -0.15) is 0 Å². The molecule has 2 aromatic rings. The van der Waals surface area contributed by atoms with Crippen LogP contribution in [0.3, 0.4) is 0 Å². The summed E-state index contributed by atoms with van der Waals surface area (Å²) in [4.78, 5) is 23.9. The average molecular weight is 261 g/mol.